The van der Waals surface area contributed by atoms with Gasteiger partial charge in [-0.2, -0.15) is 0 Å². The van der Waals surface area contributed by atoms with Crippen LogP contribution in [-0.4, -0.2) is 64.1 Å². The molecule has 0 atom stereocenters. The van der Waals surface area contributed by atoms with Crippen LogP contribution in [0.4, 0.5) is 5.95 Å². The zero-order valence-electron chi connectivity index (χ0n) is 19.8. The van der Waals surface area contributed by atoms with Crippen molar-refractivity contribution in [2.45, 2.75) is 51.7 Å². The van der Waals surface area contributed by atoms with Crippen LogP contribution in [0.25, 0.3) is 0 Å². The Hall–Kier alpha value is -2.58. The number of carbonyl (C=O) groups is 1. The van der Waals surface area contributed by atoms with Gasteiger partial charge in [-0.3, -0.25) is 9.69 Å². The Balaban J connectivity index is 1.18. The van der Waals surface area contributed by atoms with Crippen LogP contribution < -0.4 is 15.2 Å². The first-order valence-electron chi connectivity index (χ1n) is 12.0. The van der Waals surface area contributed by atoms with Crippen molar-refractivity contribution in [2.75, 3.05) is 38.5 Å². The van der Waals surface area contributed by atoms with Gasteiger partial charge in [-0.15, -0.1) is 0 Å². The molecule has 2 N–H and O–H groups in total. The highest BCUT2D eigenvalue weighted by Gasteiger charge is 2.39. The van der Waals surface area contributed by atoms with Crippen LogP contribution in [0.15, 0.2) is 24.4 Å². The number of hydrogen-bond acceptors (Lipinski definition) is 7. The Labute approximate surface area is 205 Å². The summed E-state index contributed by atoms with van der Waals surface area (Å²) in [5, 5.41) is 0.244. The highest BCUT2D eigenvalue weighted by molar-refractivity contribution is 6.33. The van der Waals surface area contributed by atoms with Crippen molar-refractivity contribution >= 4 is 23.5 Å². The zero-order chi connectivity index (χ0) is 23.9. The minimum absolute atomic E-state index is 0.0637. The first-order valence-corrected chi connectivity index (χ1v) is 12.3. The van der Waals surface area contributed by atoms with Crippen molar-refractivity contribution in [3.8, 4) is 11.5 Å². The molecule has 1 spiro atoms. The number of rotatable bonds is 3. The van der Waals surface area contributed by atoms with Crippen LogP contribution in [-0.2, 0) is 6.54 Å². The molecule has 3 aliphatic heterocycles. The Morgan fingerprint density at radius 2 is 1.85 bits per heavy atom. The van der Waals surface area contributed by atoms with Crippen molar-refractivity contribution in [3.05, 3.63) is 40.7 Å². The molecule has 0 aliphatic carbocycles. The van der Waals surface area contributed by atoms with E-state index in [1.165, 1.54) is 11.8 Å². The Morgan fingerprint density at radius 3 is 2.59 bits per heavy atom. The molecule has 1 aromatic heterocycles. The number of fused-ring (bicyclic) bond motifs is 1. The average molecular weight is 486 g/mol. The van der Waals surface area contributed by atoms with Crippen LogP contribution in [0, 0.1) is 5.41 Å². The molecule has 4 heterocycles. The largest absolute Gasteiger partial charge is 0.486 e. The van der Waals surface area contributed by atoms with Gasteiger partial charge in [-0.1, -0.05) is 23.7 Å². The number of piperidine rings is 2. The van der Waals surface area contributed by atoms with E-state index in [1.54, 1.807) is 0 Å². The van der Waals surface area contributed by atoms with E-state index in [1.807, 2.05) is 17.0 Å². The number of aromatic nitrogens is 2. The molecular weight excluding hydrogens is 454 g/mol. The molecule has 2 aromatic rings. The van der Waals surface area contributed by atoms with Gasteiger partial charge in [-0.05, 0) is 64.1 Å². The number of amides is 1. The maximum absolute atomic E-state index is 12.9. The predicted octanol–water partition coefficient (Wildman–Crippen LogP) is 3.78. The summed E-state index contributed by atoms with van der Waals surface area (Å²) in [5.74, 6) is 1.63. The normalized spacial score (nSPS) is 21.4. The molecule has 0 unspecified atom stereocenters. The van der Waals surface area contributed by atoms with E-state index < -0.39 is 0 Å². The molecule has 34 heavy (non-hydrogen) atoms. The average Bonchev–Trinajstić information content (AvgIpc) is 2.82. The predicted molar refractivity (Wildman–Crippen MR) is 130 cm³/mol. The van der Waals surface area contributed by atoms with E-state index in [0.717, 1.165) is 56.8 Å². The fourth-order valence-electron chi connectivity index (χ4n) is 5.26. The number of benzene rings is 1. The van der Waals surface area contributed by atoms with E-state index in [4.69, 9.17) is 26.8 Å². The van der Waals surface area contributed by atoms with Gasteiger partial charge >= 0.3 is 0 Å². The SMILES string of the molecule is CC1(C)COc2cccc(CN3CCC4(CC3)CCN(C(=O)c3nc(N)ncc3Cl)CC4)c2O1. The zero-order valence-corrected chi connectivity index (χ0v) is 20.6. The third-order valence-electron chi connectivity index (χ3n) is 7.40. The molecule has 1 aromatic carbocycles. The van der Waals surface area contributed by atoms with Gasteiger partial charge < -0.3 is 20.1 Å². The summed E-state index contributed by atoms with van der Waals surface area (Å²) in [4.78, 5) is 25.2. The summed E-state index contributed by atoms with van der Waals surface area (Å²) < 4.78 is 12.2. The summed E-state index contributed by atoms with van der Waals surface area (Å²) in [6.07, 6.45) is 5.65. The first-order chi connectivity index (χ1) is 16.2. The van der Waals surface area contributed by atoms with Crippen LogP contribution in [0.2, 0.25) is 5.02 Å². The Morgan fingerprint density at radius 1 is 1.15 bits per heavy atom. The van der Waals surface area contributed by atoms with Crippen LogP contribution in [0.1, 0.15) is 55.6 Å². The lowest BCUT2D eigenvalue weighted by molar-refractivity contribution is 0.0162. The number of para-hydroxylation sites is 1. The third kappa shape index (κ3) is 4.66. The number of carbonyl (C=O) groups excluding carboxylic acids is 1. The van der Waals surface area contributed by atoms with E-state index >= 15 is 0 Å². The second-order valence-electron chi connectivity index (χ2n) is 10.4. The number of anilines is 1. The highest BCUT2D eigenvalue weighted by Crippen LogP contribution is 2.43. The molecule has 0 bridgehead atoms. The van der Waals surface area contributed by atoms with E-state index in [-0.39, 0.29) is 28.2 Å². The van der Waals surface area contributed by atoms with Gasteiger partial charge in [0.2, 0.25) is 5.95 Å². The molecular formula is C25H32ClN5O3. The highest BCUT2D eigenvalue weighted by atomic mass is 35.5. The van der Waals surface area contributed by atoms with E-state index in [9.17, 15) is 4.79 Å². The molecule has 182 valence electrons. The minimum Gasteiger partial charge on any atom is -0.486 e. The summed E-state index contributed by atoms with van der Waals surface area (Å²) in [5.41, 5.74) is 7.01. The molecule has 2 fully saturated rings. The lowest BCUT2D eigenvalue weighted by Crippen LogP contribution is -2.48. The van der Waals surface area contributed by atoms with Crippen molar-refractivity contribution in [2.24, 2.45) is 5.41 Å². The summed E-state index contributed by atoms with van der Waals surface area (Å²) in [6, 6.07) is 6.17. The maximum atomic E-state index is 12.9. The lowest BCUT2D eigenvalue weighted by atomic mass is 9.71. The van der Waals surface area contributed by atoms with Crippen LogP contribution in [0.5, 0.6) is 11.5 Å². The van der Waals surface area contributed by atoms with Gasteiger partial charge in [0.1, 0.15) is 12.2 Å². The number of nitrogens with two attached hydrogens (primary N) is 1. The second-order valence-corrected chi connectivity index (χ2v) is 10.8. The Bertz CT molecular complexity index is 1070. The number of hydrogen-bond donors (Lipinski definition) is 1. The monoisotopic (exact) mass is 485 g/mol. The molecule has 5 rings (SSSR count). The van der Waals surface area contributed by atoms with Gasteiger partial charge in [0.15, 0.2) is 17.2 Å². The van der Waals surface area contributed by atoms with Gasteiger partial charge in [0.05, 0.1) is 11.2 Å². The summed E-state index contributed by atoms with van der Waals surface area (Å²) in [6.45, 7) is 9.04. The molecule has 1 amide bonds. The number of likely N-dealkylation sites (tertiary alicyclic amines) is 2. The van der Waals surface area contributed by atoms with Gasteiger partial charge in [0, 0.05) is 25.2 Å². The van der Waals surface area contributed by atoms with Crippen molar-refractivity contribution in [1.29, 1.82) is 0 Å². The molecule has 9 heteroatoms. The second kappa shape index (κ2) is 8.89. The molecule has 0 saturated carbocycles. The van der Waals surface area contributed by atoms with E-state index in [2.05, 4.69) is 34.8 Å². The lowest BCUT2D eigenvalue weighted by Gasteiger charge is -2.47. The number of nitrogen functional groups attached to an aromatic ring is 1. The molecule has 0 radical (unpaired) electrons. The van der Waals surface area contributed by atoms with Gasteiger partial charge in [0.25, 0.3) is 5.91 Å². The first kappa shape index (κ1) is 23.2. The summed E-state index contributed by atoms with van der Waals surface area (Å²) >= 11 is 6.14. The standard InChI is InChI=1S/C25H32ClN5O3/c1-24(2)16-33-19-5-3-4-17(21(19)34-24)15-30-10-6-25(7-11-30)8-12-31(13-9-25)22(32)20-18(26)14-28-23(27)29-20/h3-5,14H,6-13,15-16H2,1-2H3,(H2,27,28,29). The van der Waals surface area contributed by atoms with E-state index in [0.29, 0.717) is 25.1 Å². The summed E-state index contributed by atoms with van der Waals surface area (Å²) in [7, 11) is 0. The Kier molecular flexibility index (Phi) is 6.06. The van der Waals surface area contributed by atoms with Crippen LogP contribution >= 0.6 is 11.6 Å². The minimum atomic E-state index is -0.317. The molecule has 3 aliphatic rings. The van der Waals surface area contributed by atoms with Gasteiger partial charge in [-0.25, -0.2) is 9.97 Å². The third-order valence-corrected chi connectivity index (χ3v) is 7.68. The molecule has 2 saturated heterocycles. The fourth-order valence-corrected chi connectivity index (χ4v) is 5.44. The topological polar surface area (TPSA) is 93.8 Å². The van der Waals surface area contributed by atoms with Crippen molar-refractivity contribution < 1.29 is 14.3 Å². The fraction of sp³-hybridized carbons (Fsp3) is 0.560. The molecule has 8 nitrogen and oxygen atoms in total. The maximum Gasteiger partial charge on any atom is 0.274 e. The number of ether oxygens (including phenoxy) is 2. The van der Waals surface area contributed by atoms with Crippen LogP contribution in [0.3, 0.4) is 0 Å². The number of nitrogens with zero attached hydrogens (tertiary/aromatic N) is 4. The quantitative estimate of drug-likeness (QED) is 0.706. The number of halogens is 1. The van der Waals surface area contributed by atoms with Crippen molar-refractivity contribution in [3.63, 3.8) is 0 Å². The smallest absolute Gasteiger partial charge is 0.274 e. The van der Waals surface area contributed by atoms with Crippen molar-refractivity contribution in [1.82, 2.24) is 19.8 Å².